The minimum atomic E-state index is 0.424. The van der Waals surface area contributed by atoms with E-state index >= 15 is 0 Å². The fourth-order valence-electron chi connectivity index (χ4n) is 1.90. The zero-order chi connectivity index (χ0) is 13.1. The van der Waals surface area contributed by atoms with Crippen LogP contribution in [0.15, 0.2) is 53.3 Å². The summed E-state index contributed by atoms with van der Waals surface area (Å²) >= 11 is 3.51. The van der Waals surface area contributed by atoms with Gasteiger partial charge in [0.2, 0.25) is 0 Å². The molecule has 0 aliphatic carbocycles. The number of aromatic nitrogens is 2. The minimum Gasteiger partial charge on any atom is -0.296 e. The number of benzene rings is 1. The molecule has 1 aromatic carbocycles. The van der Waals surface area contributed by atoms with E-state index in [2.05, 4.69) is 35.3 Å². The van der Waals surface area contributed by atoms with Crippen molar-refractivity contribution in [2.24, 2.45) is 0 Å². The number of imidazole rings is 1. The second-order valence-electron chi connectivity index (χ2n) is 4.05. The van der Waals surface area contributed by atoms with Crippen molar-refractivity contribution in [3.8, 4) is 6.07 Å². The summed E-state index contributed by atoms with van der Waals surface area (Å²) in [5.74, 6) is 1.00. The Morgan fingerprint density at radius 2 is 2.21 bits per heavy atom. The van der Waals surface area contributed by atoms with Crippen LogP contribution in [0.3, 0.4) is 0 Å². The van der Waals surface area contributed by atoms with Crippen molar-refractivity contribution >= 4 is 29.2 Å². The molecule has 1 aromatic heterocycles. The summed E-state index contributed by atoms with van der Waals surface area (Å²) < 4.78 is 2.86. The van der Waals surface area contributed by atoms with Gasteiger partial charge in [0.05, 0.1) is 10.6 Å². The van der Waals surface area contributed by atoms with Gasteiger partial charge in [0, 0.05) is 23.4 Å². The summed E-state index contributed by atoms with van der Waals surface area (Å²) in [6.07, 6.45) is 5.17. The zero-order valence-electron chi connectivity index (χ0n) is 10.1. The molecule has 2 heterocycles. The highest BCUT2D eigenvalue weighted by Crippen LogP contribution is 2.51. The standard InChI is InChI=1S/C14H11N3S2/c15-8-12(17-7-6-16-10-17)14-18-9-13(19-14)11-4-2-1-3-5-11/h1-7,10,13H,9H2/b14-12+. The molecule has 0 radical (unpaired) electrons. The number of allylic oxidation sites excluding steroid dienone is 1. The van der Waals surface area contributed by atoms with Crippen LogP contribution < -0.4 is 0 Å². The first-order valence-corrected chi connectivity index (χ1v) is 7.72. The van der Waals surface area contributed by atoms with Gasteiger partial charge in [-0.05, 0) is 5.56 Å². The Labute approximate surface area is 120 Å². The molecule has 0 N–H and O–H groups in total. The number of nitrogens with zero attached hydrogens (tertiary/aromatic N) is 3. The predicted octanol–water partition coefficient (Wildman–Crippen LogP) is 3.75. The second kappa shape index (κ2) is 5.55. The molecule has 0 spiro atoms. The maximum Gasteiger partial charge on any atom is 0.145 e. The maximum absolute atomic E-state index is 9.33. The van der Waals surface area contributed by atoms with Crippen LogP contribution in [0.5, 0.6) is 0 Å². The summed E-state index contributed by atoms with van der Waals surface area (Å²) in [7, 11) is 0. The van der Waals surface area contributed by atoms with Crippen LogP contribution in [0, 0.1) is 11.3 Å². The van der Waals surface area contributed by atoms with Crippen LogP contribution in [-0.4, -0.2) is 15.3 Å². The molecule has 94 valence electrons. The van der Waals surface area contributed by atoms with E-state index in [-0.39, 0.29) is 0 Å². The largest absolute Gasteiger partial charge is 0.296 e. The molecule has 3 nitrogen and oxygen atoms in total. The molecule has 2 aromatic rings. The molecule has 19 heavy (non-hydrogen) atoms. The lowest BCUT2D eigenvalue weighted by molar-refractivity contribution is 1.10. The van der Waals surface area contributed by atoms with E-state index in [1.807, 2.05) is 12.3 Å². The van der Waals surface area contributed by atoms with Crippen LogP contribution in [0.4, 0.5) is 0 Å². The molecule has 5 heteroatoms. The molecule has 0 bridgehead atoms. The molecule has 1 aliphatic rings. The third-order valence-electron chi connectivity index (χ3n) is 2.85. The topological polar surface area (TPSA) is 41.6 Å². The van der Waals surface area contributed by atoms with Gasteiger partial charge in [-0.1, -0.05) is 30.3 Å². The van der Waals surface area contributed by atoms with Gasteiger partial charge in [-0.3, -0.25) is 4.57 Å². The quantitative estimate of drug-likeness (QED) is 0.788. The molecule has 0 saturated carbocycles. The van der Waals surface area contributed by atoms with E-state index in [1.54, 1.807) is 40.6 Å². The van der Waals surface area contributed by atoms with Gasteiger partial charge in [0.1, 0.15) is 11.8 Å². The van der Waals surface area contributed by atoms with Crippen molar-refractivity contribution in [3.63, 3.8) is 0 Å². The van der Waals surface area contributed by atoms with Gasteiger partial charge in [-0.2, -0.15) is 5.26 Å². The van der Waals surface area contributed by atoms with Crippen LogP contribution in [0.1, 0.15) is 10.8 Å². The van der Waals surface area contributed by atoms with Crippen molar-refractivity contribution in [2.45, 2.75) is 5.25 Å². The van der Waals surface area contributed by atoms with Crippen molar-refractivity contribution in [1.82, 2.24) is 9.55 Å². The third-order valence-corrected chi connectivity index (χ3v) is 5.79. The van der Waals surface area contributed by atoms with Crippen LogP contribution in [-0.2, 0) is 0 Å². The van der Waals surface area contributed by atoms with E-state index in [1.165, 1.54) is 5.56 Å². The number of nitriles is 1. The Bertz CT molecular complexity index is 626. The number of hydrogen-bond donors (Lipinski definition) is 0. The third kappa shape index (κ3) is 2.55. The summed E-state index contributed by atoms with van der Waals surface area (Å²) in [4.78, 5) is 4.00. The monoisotopic (exact) mass is 285 g/mol. The lowest BCUT2D eigenvalue weighted by Crippen LogP contribution is -1.92. The molecule has 3 rings (SSSR count). The highest BCUT2D eigenvalue weighted by atomic mass is 32.2. The average Bonchev–Trinajstić information content (AvgIpc) is 3.12. The van der Waals surface area contributed by atoms with Gasteiger partial charge in [-0.15, -0.1) is 23.5 Å². The van der Waals surface area contributed by atoms with Gasteiger partial charge in [0.25, 0.3) is 0 Å². The van der Waals surface area contributed by atoms with E-state index in [0.29, 0.717) is 10.9 Å². The molecule has 1 atom stereocenters. The first-order chi connectivity index (χ1) is 9.38. The molecule has 1 unspecified atom stereocenters. The Morgan fingerprint density at radius 3 is 2.89 bits per heavy atom. The van der Waals surface area contributed by atoms with Crippen molar-refractivity contribution in [2.75, 3.05) is 5.75 Å². The van der Waals surface area contributed by atoms with Crippen molar-refractivity contribution < 1.29 is 0 Å². The van der Waals surface area contributed by atoms with Gasteiger partial charge in [0.15, 0.2) is 0 Å². The SMILES string of the molecule is N#C/C(=C1/SCC(c2ccccc2)S1)n1ccnc1. The Morgan fingerprint density at radius 1 is 1.37 bits per heavy atom. The number of hydrogen-bond acceptors (Lipinski definition) is 4. The first-order valence-electron chi connectivity index (χ1n) is 5.85. The fourth-order valence-corrected chi connectivity index (χ4v) is 4.80. The maximum atomic E-state index is 9.33. The van der Waals surface area contributed by atoms with Gasteiger partial charge in [-0.25, -0.2) is 4.98 Å². The molecule has 1 fully saturated rings. The minimum absolute atomic E-state index is 0.424. The number of rotatable bonds is 2. The van der Waals surface area contributed by atoms with Crippen LogP contribution >= 0.6 is 23.5 Å². The van der Waals surface area contributed by atoms with E-state index in [9.17, 15) is 5.26 Å². The Kier molecular flexibility index (Phi) is 3.62. The predicted molar refractivity (Wildman–Crippen MR) is 80.3 cm³/mol. The van der Waals surface area contributed by atoms with Crippen LogP contribution in [0.25, 0.3) is 5.70 Å². The molecule has 1 saturated heterocycles. The lowest BCUT2D eigenvalue weighted by atomic mass is 10.2. The Balaban J connectivity index is 1.88. The fraction of sp³-hybridized carbons (Fsp3) is 0.143. The highest BCUT2D eigenvalue weighted by Gasteiger charge is 2.25. The normalized spacial score (nSPS) is 21.1. The van der Waals surface area contributed by atoms with Gasteiger partial charge < -0.3 is 0 Å². The second-order valence-corrected chi connectivity index (χ2v) is 6.55. The smallest absolute Gasteiger partial charge is 0.145 e. The summed E-state index contributed by atoms with van der Waals surface area (Å²) in [5.41, 5.74) is 1.99. The zero-order valence-corrected chi connectivity index (χ0v) is 11.7. The molecule has 0 amide bonds. The Hall–Kier alpha value is -1.64. The van der Waals surface area contributed by atoms with Crippen molar-refractivity contribution in [3.05, 3.63) is 58.9 Å². The van der Waals surface area contributed by atoms with E-state index in [4.69, 9.17) is 0 Å². The van der Waals surface area contributed by atoms with Crippen LogP contribution in [0.2, 0.25) is 0 Å². The lowest BCUT2D eigenvalue weighted by Gasteiger charge is -2.07. The number of thioether (sulfide) groups is 2. The summed E-state index contributed by atoms with van der Waals surface area (Å²) in [5, 5.41) is 9.76. The first kappa shape index (κ1) is 12.4. The molecule has 1 aliphatic heterocycles. The van der Waals surface area contributed by atoms with Crippen molar-refractivity contribution in [1.29, 1.82) is 5.26 Å². The van der Waals surface area contributed by atoms with E-state index < -0.39 is 0 Å². The molecular formula is C14H11N3S2. The summed E-state index contributed by atoms with van der Waals surface area (Å²) in [6, 6.07) is 12.7. The van der Waals surface area contributed by atoms with Gasteiger partial charge >= 0.3 is 0 Å². The average molecular weight is 285 g/mol. The highest BCUT2D eigenvalue weighted by molar-refractivity contribution is 8.25. The summed E-state index contributed by atoms with van der Waals surface area (Å²) in [6.45, 7) is 0. The molecular weight excluding hydrogens is 274 g/mol. The van der Waals surface area contributed by atoms with E-state index in [0.717, 1.165) is 9.99 Å².